The van der Waals surface area contributed by atoms with Crippen LogP contribution in [0.1, 0.15) is 30.5 Å². The van der Waals surface area contributed by atoms with Crippen LogP contribution in [0.3, 0.4) is 0 Å². The highest BCUT2D eigenvalue weighted by atomic mass is 16.5. The van der Waals surface area contributed by atoms with E-state index in [0.717, 1.165) is 23.2 Å². The third kappa shape index (κ3) is 4.40. The number of hydrazine groups is 1. The normalized spacial score (nSPS) is 19.7. The first kappa shape index (κ1) is 21.7. The number of hydrogen-bond acceptors (Lipinski definition) is 6. The first-order chi connectivity index (χ1) is 15.5. The Labute approximate surface area is 187 Å². The van der Waals surface area contributed by atoms with Crippen LogP contribution in [0.4, 0.5) is 5.69 Å². The zero-order valence-electron chi connectivity index (χ0n) is 18.5. The van der Waals surface area contributed by atoms with Gasteiger partial charge in [-0.05, 0) is 48.2 Å². The Bertz CT molecular complexity index is 1040. The maximum atomic E-state index is 13.1. The van der Waals surface area contributed by atoms with Crippen molar-refractivity contribution in [1.82, 2.24) is 15.3 Å². The van der Waals surface area contributed by atoms with Gasteiger partial charge in [-0.2, -0.15) is 0 Å². The summed E-state index contributed by atoms with van der Waals surface area (Å²) in [5.74, 6) is 0.959. The van der Waals surface area contributed by atoms with Gasteiger partial charge in [0.15, 0.2) is 11.5 Å². The minimum Gasteiger partial charge on any atom is -0.493 e. The summed E-state index contributed by atoms with van der Waals surface area (Å²) < 4.78 is 10.7. The fourth-order valence-electron chi connectivity index (χ4n) is 4.08. The van der Waals surface area contributed by atoms with Crippen molar-refractivity contribution in [2.75, 3.05) is 26.1 Å². The molecule has 0 aromatic heterocycles. The number of ether oxygens (including phenoxy) is 2. The van der Waals surface area contributed by atoms with Gasteiger partial charge >= 0.3 is 0 Å². The van der Waals surface area contributed by atoms with Crippen LogP contribution >= 0.6 is 0 Å². The second kappa shape index (κ2) is 9.32. The van der Waals surface area contributed by atoms with Crippen LogP contribution in [0.25, 0.3) is 0 Å². The minimum atomic E-state index is -0.380. The van der Waals surface area contributed by atoms with Crippen molar-refractivity contribution in [3.8, 4) is 11.5 Å². The van der Waals surface area contributed by atoms with Crippen LogP contribution < -0.4 is 20.2 Å². The van der Waals surface area contributed by atoms with E-state index in [2.05, 4.69) is 17.7 Å². The van der Waals surface area contributed by atoms with Crippen molar-refractivity contribution < 1.29 is 19.1 Å². The quantitative estimate of drug-likeness (QED) is 0.695. The number of amides is 2. The summed E-state index contributed by atoms with van der Waals surface area (Å²) in [4.78, 5) is 27.1. The van der Waals surface area contributed by atoms with E-state index in [9.17, 15) is 9.59 Å². The van der Waals surface area contributed by atoms with E-state index in [1.807, 2.05) is 47.5 Å². The van der Waals surface area contributed by atoms with Gasteiger partial charge in [-0.15, -0.1) is 0 Å². The number of aryl methyl sites for hydroxylation is 1. The molecule has 0 spiro atoms. The van der Waals surface area contributed by atoms with E-state index in [-0.39, 0.29) is 30.4 Å². The van der Waals surface area contributed by atoms with Crippen molar-refractivity contribution in [2.24, 2.45) is 0 Å². The molecule has 4 rings (SSSR count). The second-order valence-corrected chi connectivity index (χ2v) is 7.82. The van der Waals surface area contributed by atoms with Crippen molar-refractivity contribution in [3.63, 3.8) is 0 Å². The van der Waals surface area contributed by atoms with E-state index in [1.54, 1.807) is 26.6 Å². The highest BCUT2D eigenvalue weighted by molar-refractivity contribution is 5.96. The molecule has 8 heteroatoms. The molecule has 168 valence electrons. The molecule has 2 heterocycles. The number of anilines is 1. The number of carbonyl (C=O) groups is 2. The summed E-state index contributed by atoms with van der Waals surface area (Å²) in [5.41, 5.74) is 6.24. The Morgan fingerprint density at radius 3 is 2.69 bits per heavy atom. The molecule has 0 aliphatic carbocycles. The summed E-state index contributed by atoms with van der Waals surface area (Å²) in [6.45, 7) is 2.03. The number of nitrogens with zero attached hydrogens (tertiary/aromatic N) is 2. The zero-order chi connectivity index (χ0) is 22.7. The van der Waals surface area contributed by atoms with Crippen molar-refractivity contribution >= 4 is 17.5 Å². The van der Waals surface area contributed by atoms with E-state index in [0.29, 0.717) is 17.9 Å². The zero-order valence-corrected chi connectivity index (χ0v) is 18.5. The maximum absolute atomic E-state index is 13.1. The monoisotopic (exact) mass is 436 g/mol. The summed E-state index contributed by atoms with van der Waals surface area (Å²) in [7, 11) is 3.20. The fraction of sp³-hybridized carbons (Fsp3) is 0.333. The lowest BCUT2D eigenvalue weighted by Gasteiger charge is -2.31. The molecule has 2 unspecified atom stereocenters. The Hall–Kier alpha value is -3.52. The number of methoxy groups -OCH3 is 2. The van der Waals surface area contributed by atoms with Crippen molar-refractivity contribution in [1.29, 1.82) is 0 Å². The van der Waals surface area contributed by atoms with Gasteiger partial charge in [0.1, 0.15) is 12.6 Å². The van der Waals surface area contributed by atoms with Crippen molar-refractivity contribution in [3.05, 3.63) is 66.0 Å². The number of rotatable bonds is 7. The predicted octanol–water partition coefficient (Wildman–Crippen LogP) is 2.84. The lowest BCUT2D eigenvalue weighted by atomic mass is 10.0. The lowest BCUT2D eigenvalue weighted by Crippen LogP contribution is -2.49. The molecular weight excluding hydrogens is 408 g/mol. The highest BCUT2D eigenvalue weighted by Gasteiger charge is 2.40. The molecule has 2 aromatic carbocycles. The van der Waals surface area contributed by atoms with Gasteiger partial charge in [-0.1, -0.05) is 25.1 Å². The van der Waals surface area contributed by atoms with Crippen molar-refractivity contribution in [2.45, 2.75) is 31.8 Å². The molecule has 1 saturated heterocycles. The van der Waals surface area contributed by atoms with Crippen LogP contribution in [0.2, 0.25) is 0 Å². The second-order valence-electron chi connectivity index (χ2n) is 7.82. The number of benzene rings is 2. The lowest BCUT2D eigenvalue weighted by molar-refractivity contribution is -0.137. The standard InChI is InChI=1S/C24H28N4O4/c1-4-16-6-5-7-18(12-16)25-23(29)15-27-10-11-28-20(24(27)30)14-19(26-28)17-8-9-21(31-2)22(13-17)32-3/h5-13,19-20,26H,4,14-15H2,1-3H3,(H,25,29). The van der Waals surface area contributed by atoms with Crippen LogP contribution in [-0.4, -0.2) is 48.5 Å². The van der Waals surface area contributed by atoms with Gasteiger partial charge in [0, 0.05) is 18.1 Å². The average molecular weight is 437 g/mol. The maximum Gasteiger partial charge on any atom is 0.251 e. The van der Waals surface area contributed by atoms with Gasteiger partial charge in [0.2, 0.25) is 5.91 Å². The van der Waals surface area contributed by atoms with Crippen LogP contribution in [-0.2, 0) is 16.0 Å². The van der Waals surface area contributed by atoms with Crippen LogP contribution in [0, 0.1) is 0 Å². The third-order valence-corrected chi connectivity index (χ3v) is 5.82. The summed E-state index contributed by atoms with van der Waals surface area (Å²) in [5, 5.41) is 4.69. The largest absolute Gasteiger partial charge is 0.493 e. The molecule has 2 amide bonds. The van der Waals surface area contributed by atoms with Crippen LogP contribution in [0.5, 0.6) is 11.5 Å². The van der Waals surface area contributed by atoms with E-state index >= 15 is 0 Å². The molecule has 2 aliphatic heterocycles. The molecule has 0 radical (unpaired) electrons. The summed E-state index contributed by atoms with van der Waals surface area (Å²) >= 11 is 0. The summed E-state index contributed by atoms with van der Waals surface area (Å²) in [6.07, 6.45) is 4.92. The first-order valence-electron chi connectivity index (χ1n) is 10.7. The van der Waals surface area contributed by atoms with Gasteiger partial charge < -0.3 is 24.7 Å². The number of carbonyl (C=O) groups excluding carboxylic acids is 2. The smallest absolute Gasteiger partial charge is 0.251 e. The highest BCUT2D eigenvalue weighted by Crippen LogP contribution is 2.35. The van der Waals surface area contributed by atoms with Crippen LogP contribution in [0.15, 0.2) is 54.9 Å². The molecular formula is C24H28N4O4. The van der Waals surface area contributed by atoms with E-state index in [1.165, 1.54) is 4.90 Å². The van der Waals surface area contributed by atoms with Gasteiger partial charge in [0.05, 0.1) is 20.3 Å². The summed E-state index contributed by atoms with van der Waals surface area (Å²) in [6, 6.07) is 13.0. The fourth-order valence-corrected chi connectivity index (χ4v) is 4.08. The molecule has 8 nitrogen and oxygen atoms in total. The average Bonchev–Trinajstić information content (AvgIpc) is 3.25. The Morgan fingerprint density at radius 1 is 1.12 bits per heavy atom. The van der Waals surface area contributed by atoms with E-state index < -0.39 is 0 Å². The molecule has 1 fully saturated rings. The molecule has 2 aliphatic rings. The number of fused-ring (bicyclic) bond motifs is 1. The Kier molecular flexibility index (Phi) is 6.32. The molecule has 32 heavy (non-hydrogen) atoms. The molecule has 2 N–H and O–H groups in total. The van der Waals surface area contributed by atoms with Gasteiger partial charge in [0.25, 0.3) is 5.91 Å². The topological polar surface area (TPSA) is 83.1 Å². The molecule has 2 aromatic rings. The number of hydrogen-bond donors (Lipinski definition) is 2. The predicted molar refractivity (Wildman–Crippen MR) is 121 cm³/mol. The Morgan fingerprint density at radius 2 is 1.94 bits per heavy atom. The third-order valence-electron chi connectivity index (χ3n) is 5.82. The molecule has 0 saturated carbocycles. The Balaban J connectivity index is 1.40. The molecule has 0 bridgehead atoms. The number of nitrogens with one attached hydrogen (secondary N) is 2. The SMILES string of the molecule is CCc1cccc(NC(=O)CN2C=CN3NC(c4ccc(OC)c(OC)c4)CC3C2=O)c1. The van der Waals surface area contributed by atoms with Gasteiger partial charge in [-0.3, -0.25) is 9.59 Å². The van der Waals surface area contributed by atoms with Gasteiger partial charge in [-0.25, -0.2) is 5.43 Å². The first-order valence-corrected chi connectivity index (χ1v) is 10.7. The molecule has 2 atom stereocenters. The minimum absolute atomic E-state index is 0.0307. The van der Waals surface area contributed by atoms with E-state index in [4.69, 9.17) is 9.47 Å².